The average molecular weight is 227 g/mol. The first-order valence-electron chi connectivity index (χ1n) is 4.31. The van der Waals surface area contributed by atoms with Crippen molar-refractivity contribution in [2.45, 2.75) is 13.5 Å². The average Bonchev–Trinajstić information content (AvgIpc) is 2.50. The Hall–Kier alpha value is -1.63. The van der Waals surface area contributed by atoms with Crippen molar-refractivity contribution in [2.24, 2.45) is 5.73 Å². The van der Waals surface area contributed by atoms with Crippen molar-refractivity contribution in [2.75, 3.05) is 7.05 Å². The van der Waals surface area contributed by atoms with E-state index in [0.29, 0.717) is 0 Å². The lowest BCUT2D eigenvalue weighted by Crippen LogP contribution is -2.47. The molecule has 3 N–H and O–H groups in total. The molecule has 0 aliphatic heterocycles. The molecule has 0 aliphatic rings. The molecule has 1 rings (SSSR count). The first kappa shape index (κ1) is 11.4. The zero-order chi connectivity index (χ0) is 11.4. The zero-order valence-corrected chi connectivity index (χ0v) is 9.41. The highest BCUT2D eigenvalue weighted by atomic mass is 32.1. The summed E-state index contributed by atoms with van der Waals surface area (Å²) in [6.07, 6.45) is 1.73. The summed E-state index contributed by atoms with van der Waals surface area (Å²) in [4.78, 5) is 11.4. The second-order valence-electron chi connectivity index (χ2n) is 3.09. The monoisotopic (exact) mass is 227 g/mol. The van der Waals surface area contributed by atoms with Gasteiger partial charge >= 0.3 is 0 Å². The molecule has 7 heteroatoms. The molecule has 1 aromatic heterocycles. The van der Waals surface area contributed by atoms with E-state index < -0.39 is 0 Å². The van der Waals surface area contributed by atoms with Gasteiger partial charge in [0.25, 0.3) is 5.91 Å². The standard InChI is InChI=1S/C8H13N5OS/c1-6-3-4-13(10-6)5-7(14)11-12(2)8(9)15/h3-4H,5H2,1-2H3,(H2,9,15)(H,11,14). The van der Waals surface area contributed by atoms with E-state index in [4.69, 9.17) is 5.73 Å². The molecule has 0 bridgehead atoms. The fourth-order valence-corrected chi connectivity index (χ4v) is 1.02. The normalized spacial score (nSPS) is 9.73. The Labute approximate surface area is 93.0 Å². The minimum absolute atomic E-state index is 0.111. The van der Waals surface area contributed by atoms with E-state index in [1.807, 2.05) is 13.0 Å². The van der Waals surface area contributed by atoms with Crippen LogP contribution in [0.1, 0.15) is 5.69 Å². The summed E-state index contributed by atoms with van der Waals surface area (Å²) >= 11 is 4.67. The molecule has 0 unspecified atom stereocenters. The van der Waals surface area contributed by atoms with Gasteiger partial charge in [-0.1, -0.05) is 0 Å². The van der Waals surface area contributed by atoms with E-state index in [-0.39, 0.29) is 17.6 Å². The van der Waals surface area contributed by atoms with Crippen LogP contribution in [-0.4, -0.2) is 32.9 Å². The van der Waals surface area contributed by atoms with Gasteiger partial charge in [-0.2, -0.15) is 5.10 Å². The third-order valence-electron chi connectivity index (χ3n) is 1.70. The Morgan fingerprint density at radius 2 is 2.47 bits per heavy atom. The van der Waals surface area contributed by atoms with Crippen molar-refractivity contribution in [3.63, 3.8) is 0 Å². The lowest BCUT2D eigenvalue weighted by Gasteiger charge is -2.17. The Bertz CT molecular complexity index is 375. The number of carbonyl (C=O) groups is 1. The number of nitrogens with one attached hydrogen (secondary N) is 1. The van der Waals surface area contributed by atoms with Gasteiger partial charge in [0.1, 0.15) is 6.54 Å². The summed E-state index contributed by atoms with van der Waals surface area (Å²) in [7, 11) is 1.58. The van der Waals surface area contributed by atoms with Crippen molar-refractivity contribution in [1.82, 2.24) is 20.2 Å². The van der Waals surface area contributed by atoms with Crippen LogP contribution < -0.4 is 11.2 Å². The number of aryl methyl sites for hydroxylation is 1. The molecular formula is C8H13N5OS. The number of thiocarbonyl (C=S) groups is 1. The second kappa shape index (κ2) is 4.74. The number of aromatic nitrogens is 2. The largest absolute Gasteiger partial charge is 0.375 e. The number of nitrogens with two attached hydrogens (primary N) is 1. The minimum Gasteiger partial charge on any atom is -0.375 e. The second-order valence-corrected chi connectivity index (χ2v) is 3.51. The summed E-state index contributed by atoms with van der Waals surface area (Å²) in [6, 6.07) is 1.82. The zero-order valence-electron chi connectivity index (χ0n) is 8.60. The van der Waals surface area contributed by atoms with E-state index in [9.17, 15) is 4.79 Å². The van der Waals surface area contributed by atoms with Gasteiger partial charge in [0.05, 0.1) is 5.69 Å². The summed E-state index contributed by atoms with van der Waals surface area (Å²) < 4.78 is 1.54. The topological polar surface area (TPSA) is 76.2 Å². The van der Waals surface area contributed by atoms with Crippen molar-refractivity contribution >= 4 is 23.2 Å². The van der Waals surface area contributed by atoms with Crippen LogP contribution in [0.5, 0.6) is 0 Å². The lowest BCUT2D eigenvalue weighted by molar-refractivity contribution is -0.124. The molecule has 15 heavy (non-hydrogen) atoms. The Balaban J connectivity index is 2.46. The highest BCUT2D eigenvalue weighted by Crippen LogP contribution is 1.92. The predicted molar refractivity (Wildman–Crippen MR) is 59.7 cm³/mol. The molecule has 0 atom stereocenters. The van der Waals surface area contributed by atoms with Crippen LogP contribution in [0.2, 0.25) is 0 Å². The molecule has 6 nitrogen and oxygen atoms in total. The van der Waals surface area contributed by atoms with Crippen molar-refractivity contribution in [3.8, 4) is 0 Å². The van der Waals surface area contributed by atoms with Gasteiger partial charge in [-0.3, -0.25) is 19.9 Å². The van der Waals surface area contributed by atoms with Crippen LogP contribution in [0.4, 0.5) is 0 Å². The van der Waals surface area contributed by atoms with E-state index >= 15 is 0 Å². The summed E-state index contributed by atoms with van der Waals surface area (Å²) in [5, 5.41) is 5.47. The highest BCUT2D eigenvalue weighted by Gasteiger charge is 2.06. The molecule has 1 aromatic rings. The van der Waals surface area contributed by atoms with Gasteiger partial charge in [0.2, 0.25) is 0 Å². The number of nitrogens with zero attached hydrogens (tertiary/aromatic N) is 3. The molecule has 0 aliphatic carbocycles. The maximum atomic E-state index is 11.4. The molecule has 0 radical (unpaired) electrons. The molecule has 0 saturated carbocycles. The van der Waals surface area contributed by atoms with Crippen LogP contribution >= 0.6 is 12.2 Å². The van der Waals surface area contributed by atoms with E-state index in [2.05, 4.69) is 22.7 Å². The van der Waals surface area contributed by atoms with Crippen LogP contribution in [0.25, 0.3) is 0 Å². The van der Waals surface area contributed by atoms with Crippen LogP contribution in [0.3, 0.4) is 0 Å². The van der Waals surface area contributed by atoms with Crippen molar-refractivity contribution < 1.29 is 4.79 Å². The Kier molecular flexibility index (Phi) is 3.62. The summed E-state index contributed by atoms with van der Waals surface area (Å²) in [5.74, 6) is -0.228. The minimum atomic E-state index is -0.228. The molecule has 1 amide bonds. The third kappa shape index (κ3) is 3.55. The number of hydrogen-bond donors (Lipinski definition) is 2. The van der Waals surface area contributed by atoms with Crippen LogP contribution in [0.15, 0.2) is 12.3 Å². The van der Waals surface area contributed by atoms with Gasteiger partial charge in [-0.25, -0.2) is 0 Å². The number of amides is 1. The molecular weight excluding hydrogens is 214 g/mol. The number of carbonyl (C=O) groups excluding carboxylic acids is 1. The quantitative estimate of drug-likeness (QED) is 0.521. The molecule has 0 saturated heterocycles. The molecule has 0 fully saturated rings. The SMILES string of the molecule is Cc1ccn(CC(=O)NN(C)C(N)=S)n1. The summed E-state index contributed by atoms with van der Waals surface area (Å²) in [6.45, 7) is 2.00. The van der Waals surface area contributed by atoms with Gasteiger partial charge < -0.3 is 5.73 Å². The van der Waals surface area contributed by atoms with Gasteiger partial charge in [-0.05, 0) is 25.2 Å². The number of rotatable bonds is 2. The third-order valence-corrected chi connectivity index (χ3v) is 1.98. The van der Waals surface area contributed by atoms with E-state index in [1.165, 1.54) is 9.69 Å². The predicted octanol–water partition coefficient (Wildman–Crippen LogP) is -0.602. The van der Waals surface area contributed by atoms with Gasteiger partial charge in [0.15, 0.2) is 5.11 Å². The molecule has 82 valence electrons. The van der Waals surface area contributed by atoms with E-state index in [1.54, 1.807) is 13.2 Å². The molecule has 0 spiro atoms. The maximum Gasteiger partial charge on any atom is 0.260 e. The Morgan fingerprint density at radius 3 is 2.93 bits per heavy atom. The fraction of sp³-hybridized carbons (Fsp3) is 0.375. The number of hydrogen-bond acceptors (Lipinski definition) is 3. The van der Waals surface area contributed by atoms with Crippen LogP contribution in [0, 0.1) is 6.92 Å². The molecule has 0 aromatic carbocycles. The maximum absolute atomic E-state index is 11.4. The smallest absolute Gasteiger partial charge is 0.260 e. The van der Waals surface area contributed by atoms with Crippen molar-refractivity contribution in [1.29, 1.82) is 0 Å². The molecule has 1 heterocycles. The fourth-order valence-electron chi connectivity index (χ4n) is 0.976. The van der Waals surface area contributed by atoms with Gasteiger partial charge in [0, 0.05) is 13.2 Å². The van der Waals surface area contributed by atoms with Gasteiger partial charge in [-0.15, -0.1) is 0 Å². The van der Waals surface area contributed by atoms with E-state index in [0.717, 1.165) is 5.69 Å². The first-order chi connectivity index (χ1) is 6.99. The number of hydrazine groups is 1. The summed E-state index contributed by atoms with van der Waals surface area (Å²) in [5.41, 5.74) is 8.67. The van der Waals surface area contributed by atoms with Crippen LogP contribution in [-0.2, 0) is 11.3 Å². The highest BCUT2D eigenvalue weighted by molar-refractivity contribution is 7.80. The lowest BCUT2D eigenvalue weighted by atomic mass is 10.5. The van der Waals surface area contributed by atoms with Crippen molar-refractivity contribution in [3.05, 3.63) is 18.0 Å². The Morgan fingerprint density at radius 1 is 1.80 bits per heavy atom. The first-order valence-corrected chi connectivity index (χ1v) is 4.72.